The van der Waals surface area contributed by atoms with Gasteiger partial charge >= 0.3 is 0 Å². The molecule has 1 amide bonds. The second kappa shape index (κ2) is 9.65. The first-order valence-corrected chi connectivity index (χ1v) is 8.86. The number of hydrazone groups is 1. The molecule has 2 aromatic rings. The zero-order valence-electron chi connectivity index (χ0n) is 15.3. The number of rotatable bonds is 8. The Kier molecular flexibility index (Phi) is 7.28. The lowest BCUT2D eigenvalue weighted by Gasteiger charge is -2.12. The number of hydrogen-bond acceptors (Lipinski definition) is 6. The van der Waals surface area contributed by atoms with Gasteiger partial charge in [-0.05, 0) is 46.6 Å². The number of nitro groups is 1. The van der Waals surface area contributed by atoms with Crippen LogP contribution < -0.4 is 14.9 Å². The summed E-state index contributed by atoms with van der Waals surface area (Å²) in [6, 6.07) is 7.66. The quantitative estimate of drug-likeness (QED) is 0.285. The summed E-state index contributed by atoms with van der Waals surface area (Å²) in [7, 11) is 1.51. The van der Waals surface area contributed by atoms with Crippen molar-refractivity contribution in [2.24, 2.45) is 5.10 Å². The standard InChI is InChI=1S/C19H18BrN3O5/c1-4-7-28-18-15(20)8-13(9-17(18)27-3)11-21-22-19(24)14-6-5-12(2)16(10-14)23(25)26/h4-6,8-11H,1,7H2,2-3H3,(H,22,24)/b21-11-. The molecule has 2 rings (SSSR count). The number of halogens is 1. The minimum Gasteiger partial charge on any atom is -0.493 e. The first kappa shape index (κ1) is 21.1. The Labute approximate surface area is 170 Å². The lowest BCUT2D eigenvalue weighted by atomic mass is 10.1. The molecule has 0 atom stereocenters. The lowest BCUT2D eigenvalue weighted by molar-refractivity contribution is -0.385. The van der Waals surface area contributed by atoms with E-state index >= 15 is 0 Å². The second-order valence-corrected chi connectivity index (χ2v) is 6.45. The molecule has 0 unspecified atom stereocenters. The molecule has 0 aliphatic carbocycles. The van der Waals surface area contributed by atoms with Crippen LogP contribution in [0.4, 0.5) is 5.69 Å². The Balaban J connectivity index is 2.15. The minimum atomic E-state index is -0.559. The molecule has 0 aromatic heterocycles. The molecule has 1 N–H and O–H groups in total. The van der Waals surface area contributed by atoms with E-state index in [0.29, 0.717) is 33.7 Å². The van der Waals surface area contributed by atoms with Crippen molar-refractivity contribution in [3.63, 3.8) is 0 Å². The largest absolute Gasteiger partial charge is 0.493 e. The van der Waals surface area contributed by atoms with Crippen molar-refractivity contribution in [2.75, 3.05) is 13.7 Å². The summed E-state index contributed by atoms with van der Waals surface area (Å²) in [5.41, 5.74) is 3.48. The second-order valence-electron chi connectivity index (χ2n) is 5.59. The molecule has 0 bridgehead atoms. The fourth-order valence-electron chi connectivity index (χ4n) is 2.27. The molecule has 0 spiro atoms. The average Bonchev–Trinajstić information content (AvgIpc) is 2.66. The Bertz CT molecular complexity index is 943. The van der Waals surface area contributed by atoms with Gasteiger partial charge in [0.25, 0.3) is 11.6 Å². The molecule has 8 nitrogen and oxygen atoms in total. The molecule has 146 valence electrons. The maximum Gasteiger partial charge on any atom is 0.273 e. The zero-order valence-corrected chi connectivity index (χ0v) is 16.9. The molecular weight excluding hydrogens is 430 g/mol. The third kappa shape index (κ3) is 5.17. The van der Waals surface area contributed by atoms with Crippen molar-refractivity contribution in [2.45, 2.75) is 6.92 Å². The Hall–Kier alpha value is -3.20. The number of carbonyl (C=O) groups is 1. The molecule has 0 aliphatic rings. The van der Waals surface area contributed by atoms with Crippen LogP contribution in [0.2, 0.25) is 0 Å². The maximum absolute atomic E-state index is 12.2. The van der Waals surface area contributed by atoms with Crippen molar-refractivity contribution in [1.82, 2.24) is 5.43 Å². The first-order valence-electron chi connectivity index (χ1n) is 8.07. The highest BCUT2D eigenvalue weighted by molar-refractivity contribution is 9.10. The molecule has 0 aliphatic heterocycles. The smallest absolute Gasteiger partial charge is 0.273 e. The van der Waals surface area contributed by atoms with E-state index < -0.39 is 10.8 Å². The van der Waals surface area contributed by atoms with E-state index in [9.17, 15) is 14.9 Å². The molecular formula is C19H18BrN3O5. The van der Waals surface area contributed by atoms with Crippen LogP contribution in [0.1, 0.15) is 21.5 Å². The van der Waals surface area contributed by atoms with Crippen molar-refractivity contribution in [1.29, 1.82) is 0 Å². The van der Waals surface area contributed by atoms with Gasteiger partial charge in [0, 0.05) is 17.2 Å². The molecule has 9 heteroatoms. The Morgan fingerprint density at radius 1 is 1.39 bits per heavy atom. The van der Waals surface area contributed by atoms with Crippen LogP contribution in [0.5, 0.6) is 11.5 Å². The predicted octanol–water partition coefficient (Wildman–Crippen LogP) is 4.00. The van der Waals surface area contributed by atoms with E-state index in [1.165, 1.54) is 31.5 Å². The summed E-state index contributed by atoms with van der Waals surface area (Å²) in [4.78, 5) is 22.6. The van der Waals surface area contributed by atoms with Crippen LogP contribution in [0.15, 0.2) is 52.6 Å². The van der Waals surface area contributed by atoms with Gasteiger partial charge in [-0.15, -0.1) is 0 Å². The minimum absolute atomic E-state index is 0.125. The van der Waals surface area contributed by atoms with Gasteiger partial charge in [-0.3, -0.25) is 14.9 Å². The molecule has 0 heterocycles. The normalized spacial score (nSPS) is 10.5. The number of ether oxygens (including phenoxy) is 2. The van der Waals surface area contributed by atoms with E-state index in [2.05, 4.69) is 33.0 Å². The van der Waals surface area contributed by atoms with Crippen molar-refractivity contribution < 1.29 is 19.2 Å². The molecule has 0 saturated carbocycles. The molecule has 0 saturated heterocycles. The molecule has 2 aromatic carbocycles. The van der Waals surface area contributed by atoms with Crippen LogP contribution in [0, 0.1) is 17.0 Å². The fraction of sp³-hybridized carbons (Fsp3) is 0.158. The van der Waals surface area contributed by atoms with E-state index in [0.717, 1.165) is 0 Å². The van der Waals surface area contributed by atoms with Crippen LogP contribution in [-0.2, 0) is 0 Å². The number of benzene rings is 2. The highest BCUT2D eigenvalue weighted by atomic mass is 79.9. The third-order valence-corrected chi connectivity index (χ3v) is 4.23. The van der Waals surface area contributed by atoms with Gasteiger partial charge in [-0.2, -0.15) is 5.10 Å². The fourth-order valence-corrected chi connectivity index (χ4v) is 2.85. The zero-order chi connectivity index (χ0) is 20.7. The summed E-state index contributed by atoms with van der Waals surface area (Å²) < 4.78 is 11.5. The third-order valence-electron chi connectivity index (χ3n) is 3.65. The number of nitrogens with zero attached hydrogens (tertiary/aromatic N) is 2. The van der Waals surface area contributed by atoms with Gasteiger partial charge in [0.15, 0.2) is 11.5 Å². The van der Waals surface area contributed by atoms with Crippen LogP contribution in [-0.4, -0.2) is 30.8 Å². The van der Waals surface area contributed by atoms with Crippen molar-refractivity contribution in [3.8, 4) is 11.5 Å². The summed E-state index contributed by atoms with van der Waals surface area (Å²) in [6.45, 7) is 5.52. The van der Waals surface area contributed by atoms with E-state index in [4.69, 9.17) is 9.47 Å². The van der Waals surface area contributed by atoms with Gasteiger partial charge in [0.2, 0.25) is 0 Å². The van der Waals surface area contributed by atoms with Gasteiger partial charge < -0.3 is 9.47 Å². The number of aryl methyl sites for hydroxylation is 1. The highest BCUT2D eigenvalue weighted by Crippen LogP contribution is 2.36. The van der Waals surface area contributed by atoms with Crippen molar-refractivity contribution in [3.05, 3.63) is 74.3 Å². The number of nitro benzene ring substituents is 1. The monoisotopic (exact) mass is 447 g/mol. The number of nitrogens with one attached hydrogen (secondary N) is 1. The molecule has 0 fully saturated rings. The number of carbonyl (C=O) groups excluding carboxylic acids is 1. The maximum atomic E-state index is 12.2. The summed E-state index contributed by atoms with van der Waals surface area (Å²) in [6.07, 6.45) is 3.04. The first-order chi connectivity index (χ1) is 13.4. The van der Waals surface area contributed by atoms with Gasteiger partial charge in [0.1, 0.15) is 6.61 Å². The van der Waals surface area contributed by atoms with Crippen LogP contribution >= 0.6 is 15.9 Å². The van der Waals surface area contributed by atoms with E-state index in [1.807, 2.05) is 0 Å². The Morgan fingerprint density at radius 2 is 2.14 bits per heavy atom. The van der Waals surface area contributed by atoms with Gasteiger partial charge in [-0.25, -0.2) is 5.43 Å². The number of methoxy groups -OCH3 is 1. The van der Waals surface area contributed by atoms with Gasteiger partial charge in [-0.1, -0.05) is 18.7 Å². The Morgan fingerprint density at radius 3 is 2.79 bits per heavy atom. The van der Waals surface area contributed by atoms with Gasteiger partial charge in [0.05, 0.1) is 22.7 Å². The SMILES string of the molecule is C=CCOc1c(Br)cc(/C=N\NC(=O)c2ccc(C)c([N+](=O)[O-])c2)cc1OC. The lowest BCUT2D eigenvalue weighted by Crippen LogP contribution is -2.17. The summed E-state index contributed by atoms with van der Waals surface area (Å²) in [5, 5.41) is 14.9. The molecule has 28 heavy (non-hydrogen) atoms. The topological polar surface area (TPSA) is 103 Å². The van der Waals surface area contributed by atoms with Crippen molar-refractivity contribution >= 4 is 33.7 Å². The van der Waals surface area contributed by atoms with Crippen LogP contribution in [0.25, 0.3) is 0 Å². The van der Waals surface area contributed by atoms with Crippen LogP contribution in [0.3, 0.4) is 0 Å². The average molecular weight is 448 g/mol. The molecule has 0 radical (unpaired) electrons. The number of hydrogen-bond donors (Lipinski definition) is 1. The predicted molar refractivity (Wildman–Crippen MR) is 109 cm³/mol. The van der Waals surface area contributed by atoms with E-state index in [1.54, 1.807) is 25.1 Å². The number of amides is 1. The van der Waals surface area contributed by atoms with E-state index in [-0.39, 0.29) is 11.3 Å². The summed E-state index contributed by atoms with van der Waals surface area (Å²) >= 11 is 3.40. The highest BCUT2D eigenvalue weighted by Gasteiger charge is 2.15. The summed E-state index contributed by atoms with van der Waals surface area (Å²) in [5.74, 6) is 0.449.